The lowest BCUT2D eigenvalue weighted by molar-refractivity contribution is 0.0992. The Morgan fingerprint density at radius 1 is 1.32 bits per heavy atom. The number of nitrogens with one attached hydrogen (secondary N) is 2. The molecule has 1 aromatic heterocycles. The molecule has 2 N–H and O–H groups in total. The number of aromatic nitrogens is 2. The van der Waals surface area contributed by atoms with Gasteiger partial charge in [0.2, 0.25) is 0 Å². The summed E-state index contributed by atoms with van der Waals surface area (Å²) in [4.78, 5) is 4.36. The van der Waals surface area contributed by atoms with Crippen LogP contribution in [0.25, 0.3) is 5.69 Å². The molecule has 3 atom stereocenters. The molecule has 0 spiro atoms. The summed E-state index contributed by atoms with van der Waals surface area (Å²) < 4.78 is 7.79. The Hall–Kier alpha value is -1.61. The van der Waals surface area contributed by atoms with Crippen molar-refractivity contribution in [3.8, 4) is 5.69 Å². The lowest BCUT2D eigenvalue weighted by atomic mass is 9.96. The maximum Gasteiger partial charge on any atom is 0.191 e. The molecular weight excluding hydrogens is 429 g/mol. The lowest BCUT2D eigenvalue weighted by Gasteiger charge is -2.23. The van der Waals surface area contributed by atoms with Crippen molar-refractivity contribution in [3.05, 3.63) is 48.3 Å². The van der Waals surface area contributed by atoms with Crippen molar-refractivity contribution in [1.82, 2.24) is 20.4 Å². The number of halogens is 1. The predicted molar refractivity (Wildman–Crippen MR) is 109 cm³/mol. The van der Waals surface area contributed by atoms with Crippen molar-refractivity contribution in [3.63, 3.8) is 0 Å². The third-order valence-corrected chi connectivity index (χ3v) is 4.84. The topological polar surface area (TPSA) is 63.5 Å². The van der Waals surface area contributed by atoms with Crippen LogP contribution in [0.2, 0.25) is 0 Å². The Morgan fingerprint density at radius 3 is 2.88 bits per heavy atom. The van der Waals surface area contributed by atoms with Crippen molar-refractivity contribution in [2.24, 2.45) is 4.99 Å². The molecule has 2 saturated heterocycles. The second kappa shape index (κ2) is 8.18. The SMILES string of the molecule is CN=C(NCc1ccccc1-n1cccn1)NC1CC2CCC1O2.I. The molecule has 0 radical (unpaired) electrons. The van der Waals surface area contributed by atoms with Crippen LogP contribution in [0.5, 0.6) is 0 Å². The minimum absolute atomic E-state index is 0. The van der Waals surface area contributed by atoms with E-state index in [0.29, 0.717) is 24.8 Å². The van der Waals surface area contributed by atoms with Gasteiger partial charge in [0.15, 0.2) is 5.96 Å². The average molecular weight is 453 g/mol. The fourth-order valence-corrected chi connectivity index (χ4v) is 3.63. The van der Waals surface area contributed by atoms with Crippen LogP contribution < -0.4 is 10.6 Å². The van der Waals surface area contributed by atoms with Gasteiger partial charge in [-0.3, -0.25) is 4.99 Å². The van der Waals surface area contributed by atoms with Gasteiger partial charge in [0.05, 0.1) is 23.9 Å². The summed E-state index contributed by atoms with van der Waals surface area (Å²) in [6.07, 6.45) is 7.96. The second-order valence-electron chi connectivity index (χ2n) is 6.37. The lowest BCUT2D eigenvalue weighted by Crippen LogP contribution is -2.47. The van der Waals surface area contributed by atoms with Crippen molar-refractivity contribution in [2.45, 2.75) is 44.1 Å². The van der Waals surface area contributed by atoms with Gasteiger partial charge in [-0.2, -0.15) is 5.10 Å². The van der Waals surface area contributed by atoms with Gasteiger partial charge in [0, 0.05) is 26.0 Å². The third-order valence-electron chi connectivity index (χ3n) is 4.84. The summed E-state index contributed by atoms with van der Waals surface area (Å²) in [6.45, 7) is 0.692. The highest BCUT2D eigenvalue weighted by Crippen LogP contribution is 2.34. The van der Waals surface area contributed by atoms with Crippen LogP contribution in [0.4, 0.5) is 0 Å². The maximum absolute atomic E-state index is 5.90. The molecule has 134 valence electrons. The van der Waals surface area contributed by atoms with Crippen LogP contribution in [0.3, 0.4) is 0 Å². The van der Waals surface area contributed by atoms with Gasteiger partial charge >= 0.3 is 0 Å². The van der Waals surface area contributed by atoms with Crippen LogP contribution in [-0.4, -0.2) is 41.0 Å². The van der Waals surface area contributed by atoms with Crippen LogP contribution in [-0.2, 0) is 11.3 Å². The zero-order chi connectivity index (χ0) is 16.4. The largest absolute Gasteiger partial charge is 0.373 e. The molecule has 2 aliphatic rings. The monoisotopic (exact) mass is 453 g/mol. The van der Waals surface area contributed by atoms with E-state index in [4.69, 9.17) is 4.74 Å². The van der Waals surface area contributed by atoms with Gasteiger partial charge in [0.25, 0.3) is 0 Å². The minimum Gasteiger partial charge on any atom is -0.373 e. The van der Waals surface area contributed by atoms with Gasteiger partial charge in [-0.1, -0.05) is 18.2 Å². The van der Waals surface area contributed by atoms with Crippen LogP contribution in [0.15, 0.2) is 47.7 Å². The maximum atomic E-state index is 5.90. The van der Waals surface area contributed by atoms with Crippen LogP contribution in [0.1, 0.15) is 24.8 Å². The van der Waals surface area contributed by atoms with E-state index >= 15 is 0 Å². The van der Waals surface area contributed by atoms with E-state index in [-0.39, 0.29) is 24.0 Å². The van der Waals surface area contributed by atoms with Crippen molar-refractivity contribution in [1.29, 1.82) is 0 Å². The standard InChI is InChI=1S/C18H23N5O.HI/c1-19-18(22-15-11-14-7-8-17(15)24-14)20-12-13-5-2-3-6-16(13)23-10-4-9-21-23;/h2-6,9-10,14-15,17H,7-8,11-12H2,1H3,(H2,19,20,22);1H. The Labute approximate surface area is 165 Å². The van der Waals surface area contributed by atoms with Crippen molar-refractivity contribution in [2.75, 3.05) is 7.05 Å². The van der Waals surface area contributed by atoms with Crippen LogP contribution in [0, 0.1) is 0 Å². The first-order valence-electron chi connectivity index (χ1n) is 8.54. The third kappa shape index (κ3) is 3.98. The molecule has 4 rings (SSSR count). The van der Waals surface area contributed by atoms with Gasteiger partial charge < -0.3 is 15.4 Å². The van der Waals surface area contributed by atoms with Crippen molar-refractivity contribution >= 4 is 29.9 Å². The predicted octanol–water partition coefficient (Wildman–Crippen LogP) is 2.48. The number of hydrogen-bond acceptors (Lipinski definition) is 3. The quantitative estimate of drug-likeness (QED) is 0.424. The highest BCUT2D eigenvalue weighted by Gasteiger charge is 2.41. The summed E-state index contributed by atoms with van der Waals surface area (Å²) in [6, 6.07) is 10.6. The Morgan fingerprint density at radius 2 is 2.20 bits per heavy atom. The number of benzene rings is 1. The fourth-order valence-electron chi connectivity index (χ4n) is 3.63. The zero-order valence-corrected chi connectivity index (χ0v) is 16.6. The number of fused-ring (bicyclic) bond motifs is 2. The van der Waals surface area contributed by atoms with Gasteiger partial charge in [-0.05, 0) is 37.0 Å². The summed E-state index contributed by atoms with van der Waals surface area (Å²) in [5, 5.41) is 11.3. The van der Waals surface area contributed by atoms with Gasteiger partial charge in [0.1, 0.15) is 0 Å². The molecule has 2 aliphatic heterocycles. The first kappa shape index (κ1) is 18.2. The second-order valence-corrected chi connectivity index (χ2v) is 6.37. The molecule has 1 aromatic carbocycles. The van der Waals surface area contributed by atoms with E-state index in [1.165, 1.54) is 12.0 Å². The molecule has 0 aliphatic carbocycles. The molecule has 0 amide bonds. The summed E-state index contributed by atoms with van der Waals surface area (Å²) >= 11 is 0. The molecule has 3 heterocycles. The van der Waals surface area contributed by atoms with E-state index in [2.05, 4.69) is 32.9 Å². The van der Waals surface area contributed by atoms with E-state index < -0.39 is 0 Å². The summed E-state index contributed by atoms with van der Waals surface area (Å²) in [5.41, 5.74) is 2.25. The highest BCUT2D eigenvalue weighted by molar-refractivity contribution is 14.0. The molecule has 6 nitrogen and oxygen atoms in total. The van der Waals surface area contributed by atoms with Gasteiger partial charge in [-0.25, -0.2) is 4.68 Å². The number of rotatable bonds is 4. The Kier molecular flexibility index (Phi) is 5.95. The molecular formula is C18H24IN5O. The molecule has 7 heteroatoms. The molecule has 0 saturated carbocycles. The van der Waals surface area contributed by atoms with E-state index in [9.17, 15) is 0 Å². The Bertz CT molecular complexity index is 718. The Balaban J connectivity index is 0.00000182. The molecule has 2 aromatic rings. The smallest absolute Gasteiger partial charge is 0.191 e. The van der Waals surface area contributed by atoms with Crippen molar-refractivity contribution < 1.29 is 4.74 Å². The first-order chi connectivity index (χ1) is 11.8. The highest BCUT2D eigenvalue weighted by atomic mass is 127. The van der Waals surface area contributed by atoms with E-state index in [1.807, 2.05) is 36.1 Å². The zero-order valence-electron chi connectivity index (χ0n) is 14.3. The molecule has 3 unspecified atom stereocenters. The number of aliphatic imine (C=N–C) groups is 1. The molecule has 25 heavy (non-hydrogen) atoms. The number of ether oxygens (including phenoxy) is 1. The van der Waals surface area contributed by atoms with E-state index in [1.54, 1.807) is 6.20 Å². The number of hydrogen-bond donors (Lipinski definition) is 2. The van der Waals surface area contributed by atoms with Gasteiger partial charge in [-0.15, -0.1) is 24.0 Å². The first-order valence-corrected chi connectivity index (χ1v) is 8.54. The van der Waals surface area contributed by atoms with Crippen LogP contribution >= 0.6 is 24.0 Å². The fraction of sp³-hybridized carbons (Fsp3) is 0.444. The normalized spacial score (nSPS) is 24.8. The molecule has 2 bridgehead atoms. The summed E-state index contributed by atoms with van der Waals surface area (Å²) in [7, 11) is 1.81. The molecule has 2 fully saturated rings. The number of para-hydroxylation sites is 1. The number of guanidine groups is 1. The van der Waals surface area contributed by atoms with E-state index in [0.717, 1.165) is 24.5 Å². The summed E-state index contributed by atoms with van der Waals surface area (Å²) in [5.74, 6) is 0.825. The minimum atomic E-state index is 0. The number of nitrogens with zero attached hydrogens (tertiary/aromatic N) is 3. The average Bonchev–Trinajstić information content (AvgIpc) is 3.36.